The highest BCUT2D eigenvalue weighted by Crippen LogP contribution is 2.23. The Labute approximate surface area is 139 Å². The van der Waals surface area contributed by atoms with Crippen molar-refractivity contribution in [2.24, 2.45) is 0 Å². The van der Waals surface area contributed by atoms with E-state index in [0.717, 1.165) is 27.0 Å². The second-order valence-electron chi connectivity index (χ2n) is 4.98. The van der Waals surface area contributed by atoms with Gasteiger partial charge in [-0.2, -0.15) is 0 Å². The number of hydrogen-bond acceptors (Lipinski definition) is 3. The van der Waals surface area contributed by atoms with E-state index in [-0.39, 0.29) is 12.5 Å². The van der Waals surface area contributed by atoms with Crippen LogP contribution in [0.2, 0.25) is 0 Å². The van der Waals surface area contributed by atoms with E-state index in [9.17, 15) is 4.79 Å². The Morgan fingerprint density at radius 2 is 1.91 bits per heavy atom. The van der Waals surface area contributed by atoms with Gasteiger partial charge in [-0.15, -0.1) is 0 Å². The van der Waals surface area contributed by atoms with Crippen molar-refractivity contribution in [3.05, 3.63) is 58.1 Å². The molecule has 0 atom stereocenters. The number of carbonyl (C=O) groups excluding carboxylic acids is 1. The summed E-state index contributed by atoms with van der Waals surface area (Å²) < 4.78 is 5.99. The van der Waals surface area contributed by atoms with Crippen LogP contribution in [0.15, 0.2) is 46.9 Å². The summed E-state index contributed by atoms with van der Waals surface area (Å²) in [4.78, 5) is 11.9. The third-order valence-electron chi connectivity index (χ3n) is 3.17. The number of anilines is 1. The van der Waals surface area contributed by atoms with Crippen LogP contribution in [0.5, 0.6) is 5.75 Å². The topological polar surface area (TPSA) is 50.4 Å². The third-order valence-corrected chi connectivity index (χ3v) is 3.83. The minimum absolute atomic E-state index is 0.0712. The number of halogens is 1. The van der Waals surface area contributed by atoms with E-state index in [1.807, 2.05) is 49.4 Å². The van der Waals surface area contributed by atoms with Crippen molar-refractivity contribution >= 4 is 27.5 Å². The van der Waals surface area contributed by atoms with Gasteiger partial charge < -0.3 is 15.4 Å². The molecule has 0 aromatic heterocycles. The van der Waals surface area contributed by atoms with Crippen LogP contribution in [0.3, 0.4) is 0 Å². The number of amides is 1. The van der Waals surface area contributed by atoms with E-state index in [4.69, 9.17) is 4.74 Å². The summed E-state index contributed by atoms with van der Waals surface area (Å²) in [5, 5.41) is 6.00. The number of ether oxygens (including phenoxy) is 1. The van der Waals surface area contributed by atoms with Crippen molar-refractivity contribution in [3.63, 3.8) is 0 Å². The largest absolute Gasteiger partial charge is 0.497 e. The van der Waals surface area contributed by atoms with Crippen LogP contribution in [-0.2, 0) is 11.3 Å². The summed E-state index contributed by atoms with van der Waals surface area (Å²) >= 11 is 3.45. The predicted octanol–water partition coefficient (Wildman–Crippen LogP) is 3.49. The Hall–Kier alpha value is -1.85. The molecule has 4 nitrogen and oxygen atoms in total. The molecule has 0 unspecified atom stereocenters. The van der Waals surface area contributed by atoms with Gasteiger partial charge in [-0.1, -0.05) is 18.2 Å². The van der Waals surface area contributed by atoms with E-state index in [1.165, 1.54) is 0 Å². The van der Waals surface area contributed by atoms with Crippen molar-refractivity contribution in [1.82, 2.24) is 5.32 Å². The number of hydrogen-bond donors (Lipinski definition) is 2. The van der Waals surface area contributed by atoms with Gasteiger partial charge in [0.15, 0.2) is 0 Å². The summed E-state index contributed by atoms with van der Waals surface area (Å²) in [7, 11) is 1.64. The molecule has 0 spiro atoms. The molecule has 0 radical (unpaired) electrons. The molecule has 0 saturated heterocycles. The number of nitrogens with one attached hydrogen (secondary N) is 2. The van der Waals surface area contributed by atoms with Crippen LogP contribution >= 0.6 is 15.9 Å². The zero-order valence-corrected chi connectivity index (χ0v) is 14.2. The van der Waals surface area contributed by atoms with Crippen molar-refractivity contribution in [2.75, 3.05) is 19.0 Å². The lowest BCUT2D eigenvalue weighted by atomic mass is 10.2. The van der Waals surface area contributed by atoms with E-state index in [0.29, 0.717) is 6.54 Å². The molecule has 2 rings (SSSR count). The number of benzene rings is 2. The normalized spacial score (nSPS) is 10.3. The lowest BCUT2D eigenvalue weighted by Crippen LogP contribution is -2.27. The first-order valence-electron chi connectivity index (χ1n) is 6.98. The fourth-order valence-electron chi connectivity index (χ4n) is 1.98. The Morgan fingerprint density at radius 3 is 2.55 bits per heavy atom. The molecular formula is C17H19BrN2O2. The molecular weight excluding hydrogens is 344 g/mol. The van der Waals surface area contributed by atoms with Crippen LogP contribution in [0.1, 0.15) is 11.1 Å². The number of aryl methyl sites for hydroxylation is 1. The van der Waals surface area contributed by atoms with Gasteiger partial charge in [0, 0.05) is 11.0 Å². The summed E-state index contributed by atoms with van der Waals surface area (Å²) in [5.74, 6) is 0.753. The molecule has 0 aliphatic heterocycles. The molecule has 0 aliphatic carbocycles. The number of methoxy groups -OCH3 is 1. The Balaban J connectivity index is 1.79. The predicted molar refractivity (Wildman–Crippen MR) is 92.2 cm³/mol. The first-order valence-corrected chi connectivity index (χ1v) is 7.77. The summed E-state index contributed by atoms with van der Waals surface area (Å²) in [6.07, 6.45) is 0. The molecule has 116 valence electrons. The van der Waals surface area contributed by atoms with Crippen LogP contribution in [0.4, 0.5) is 5.69 Å². The molecule has 2 aromatic carbocycles. The summed E-state index contributed by atoms with van der Waals surface area (Å²) in [6.45, 7) is 2.89. The molecule has 0 saturated carbocycles. The zero-order valence-electron chi connectivity index (χ0n) is 12.7. The molecule has 0 bridgehead atoms. The van der Waals surface area contributed by atoms with Crippen LogP contribution < -0.4 is 15.4 Å². The first kappa shape index (κ1) is 16.5. The highest BCUT2D eigenvalue weighted by atomic mass is 79.9. The summed E-state index contributed by atoms with van der Waals surface area (Å²) in [5.41, 5.74) is 3.02. The fraction of sp³-hybridized carbons (Fsp3) is 0.235. The second-order valence-corrected chi connectivity index (χ2v) is 5.84. The van der Waals surface area contributed by atoms with Crippen LogP contribution in [0.25, 0.3) is 0 Å². The highest BCUT2D eigenvalue weighted by molar-refractivity contribution is 9.10. The third kappa shape index (κ3) is 4.86. The van der Waals surface area contributed by atoms with Gasteiger partial charge in [0.05, 0.1) is 19.3 Å². The quantitative estimate of drug-likeness (QED) is 0.826. The van der Waals surface area contributed by atoms with Crippen molar-refractivity contribution in [2.45, 2.75) is 13.5 Å². The zero-order chi connectivity index (χ0) is 15.9. The van der Waals surface area contributed by atoms with Gasteiger partial charge >= 0.3 is 0 Å². The maximum Gasteiger partial charge on any atom is 0.238 e. The number of carbonyl (C=O) groups is 1. The van der Waals surface area contributed by atoms with Crippen LogP contribution in [0, 0.1) is 6.92 Å². The lowest BCUT2D eigenvalue weighted by molar-refractivity contribution is -0.115. The molecule has 0 aliphatic rings. The second kappa shape index (κ2) is 7.96. The number of rotatable bonds is 6. The standard InChI is InChI=1S/C17H19BrN2O2/c1-12-3-8-16(15(18)9-12)20-17(21)11-19-10-13-4-6-14(22-2)7-5-13/h3-9,19H,10-11H2,1-2H3,(H,20,21). The van der Waals surface area contributed by atoms with E-state index < -0.39 is 0 Å². The van der Waals surface area contributed by atoms with E-state index in [1.54, 1.807) is 7.11 Å². The molecule has 22 heavy (non-hydrogen) atoms. The van der Waals surface area contributed by atoms with Crippen molar-refractivity contribution < 1.29 is 9.53 Å². The van der Waals surface area contributed by atoms with Crippen molar-refractivity contribution in [3.8, 4) is 5.75 Å². The van der Waals surface area contributed by atoms with Gasteiger partial charge in [-0.05, 0) is 58.2 Å². The molecule has 2 N–H and O–H groups in total. The SMILES string of the molecule is COc1ccc(CNCC(=O)Nc2ccc(C)cc2Br)cc1. The Kier molecular flexibility index (Phi) is 5.98. The Morgan fingerprint density at radius 1 is 1.18 bits per heavy atom. The average Bonchev–Trinajstić information content (AvgIpc) is 2.51. The van der Waals surface area contributed by atoms with E-state index >= 15 is 0 Å². The monoisotopic (exact) mass is 362 g/mol. The van der Waals surface area contributed by atoms with Crippen LogP contribution in [-0.4, -0.2) is 19.6 Å². The van der Waals surface area contributed by atoms with Gasteiger partial charge in [0.25, 0.3) is 0 Å². The van der Waals surface area contributed by atoms with Gasteiger partial charge in [-0.25, -0.2) is 0 Å². The summed E-state index contributed by atoms with van der Waals surface area (Å²) in [6, 6.07) is 13.6. The maximum absolute atomic E-state index is 11.9. The molecule has 0 heterocycles. The first-order chi connectivity index (χ1) is 10.6. The molecule has 0 fully saturated rings. The molecule has 2 aromatic rings. The average molecular weight is 363 g/mol. The van der Waals surface area contributed by atoms with Crippen molar-refractivity contribution in [1.29, 1.82) is 0 Å². The fourth-order valence-corrected chi connectivity index (χ4v) is 2.57. The van der Waals surface area contributed by atoms with E-state index in [2.05, 4.69) is 26.6 Å². The van der Waals surface area contributed by atoms with Gasteiger partial charge in [0.2, 0.25) is 5.91 Å². The maximum atomic E-state index is 11.9. The minimum atomic E-state index is -0.0712. The minimum Gasteiger partial charge on any atom is -0.497 e. The van der Waals surface area contributed by atoms with Gasteiger partial charge in [-0.3, -0.25) is 4.79 Å². The lowest BCUT2D eigenvalue weighted by Gasteiger charge is -2.09. The van der Waals surface area contributed by atoms with Gasteiger partial charge in [0.1, 0.15) is 5.75 Å². The molecule has 5 heteroatoms. The Bertz CT molecular complexity index is 642. The smallest absolute Gasteiger partial charge is 0.238 e. The highest BCUT2D eigenvalue weighted by Gasteiger charge is 2.05. The molecule has 1 amide bonds.